The van der Waals surface area contributed by atoms with Crippen LogP contribution in [0.2, 0.25) is 5.02 Å². The van der Waals surface area contributed by atoms with E-state index in [-0.39, 0.29) is 0 Å². The number of hydrogen-bond donors (Lipinski definition) is 1. The Morgan fingerprint density at radius 1 is 1.43 bits per heavy atom. The maximum atomic E-state index is 6.09. The first-order valence-corrected chi connectivity index (χ1v) is 5.53. The first-order valence-electron chi connectivity index (χ1n) is 4.36. The van der Waals surface area contributed by atoms with Gasteiger partial charge in [0.1, 0.15) is 0 Å². The van der Waals surface area contributed by atoms with Gasteiger partial charge in [0.25, 0.3) is 0 Å². The van der Waals surface area contributed by atoms with Gasteiger partial charge in [-0.25, -0.2) is 0 Å². The standard InChI is InChI=1S/C10H10BrClN2/c11-7-1-2-8-9(12)6-14(4-3-13)10(8)5-7/h1-2,5-6H,3-4,13H2. The van der Waals surface area contributed by atoms with Crippen LogP contribution in [0.5, 0.6) is 0 Å². The molecule has 2 nitrogen and oxygen atoms in total. The summed E-state index contributed by atoms with van der Waals surface area (Å²) in [5.74, 6) is 0. The molecule has 1 heterocycles. The summed E-state index contributed by atoms with van der Waals surface area (Å²) >= 11 is 9.53. The molecule has 0 aliphatic carbocycles. The lowest BCUT2D eigenvalue weighted by Gasteiger charge is -2.02. The highest BCUT2D eigenvalue weighted by molar-refractivity contribution is 9.10. The van der Waals surface area contributed by atoms with Crippen LogP contribution in [0, 0.1) is 0 Å². The van der Waals surface area contributed by atoms with Crippen LogP contribution >= 0.6 is 27.5 Å². The second-order valence-electron chi connectivity index (χ2n) is 3.12. The van der Waals surface area contributed by atoms with E-state index in [2.05, 4.69) is 26.6 Å². The molecule has 74 valence electrons. The van der Waals surface area contributed by atoms with Crippen LogP contribution in [-0.2, 0) is 6.54 Å². The number of benzene rings is 1. The molecule has 0 bridgehead atoms. The predicted molar refractivity (Wildman–Crippen MR) is 63.7 cm³/mol. The molecule has 0 aliphatic heterocycles. The maximum Gasteiger partial charge on any atom is 0.0661 e. The fourth-order valence-electron chi connectivity index (χ4n) is 1.54. The number of fused-ring (bicyclic) bond motifs is 1. The zero-order valence-electron chi connectivity index (χ0n) is 7.50. The minimum Gasteiger partial charge on any atom is -0.345 e. The Balaban J connectivity index is 2.66. The molecule has 0 spiro atoms. The van der Waals surface area contributed by atoms with Crippen LogP contribution in [0.15, 0.2) is 28.9 Å². The smallest absolute Gasteiger partial charge is 0.0661 e. The molecule has 0 amide bonds. The van der Waals surface area contributed by atoms with E-state index >= 15 is 0 Å². The normalized spacial score (nSPS) is 11.1. The van der Waals surface area contributed by atoms with Crippen molar-refractivity contribution < 1.29 is 0 Å². The minimum atomic E-state index is 0.618. The van der Waals surface area contributed by atoms with E-state index in [1.54, 1.807) is 0 Å². The molecule has 0 aliphatic rings. The van der Waals surface area contributed by atoms with Gasteiger partial charge in [-0.05, 0) is 12.1 Å². The third-order valence-corrected chi connectivity index (χ3v) is 2.96. The average molecular weight is 274 g/mol. The van der Waals surface area contributed by atoms with Crippen LogP contribution in [0.1, 0.15) is 0 Å². The number of nitrogens with two attached hydrogens (primary N) is 1. The second-order valence-corrected chi connectivity index (χ2v) is 4.44. The van der Waals surface area contributed by atoms with Gasteiger partial charge in [0.2, 0.25) is 0 Å². The Hall–Kier alpha value is -0.510. The second kappa shape index (κ2) is 3.93. The largest absolute Gasteiger partial charge is 0.345 e. The molecule has 0 radical (unpaired) electrons. The van der Waals surface area contributed by atoms with Crippen LogP contribution in [0.4, 0.5) is 0 Å². The van der Waals surface area contributed by atoms with Crippen molar-refractivity contribution >= 4 is 38.4 Å². The number of halogens is 2. The zero-order chi connectivity index (χ0) is 10.1. The van der Waals surface area contributed by atoms with E-state index in [4.69, 9.17) is 17.3 Å². The van der Waals surface area contributed by atoms with E-state index in [9.17, 15) is 0 Å². The molecule has 1 aromatic carbocycles. The number of nitrogens with zero attached hydrogens (tertiary/aromatic N) is 1. The summed E-state index contributed by atoms with van der Waals surface area (Å²) in [6.45, 7) is 1.41. The van der Waals surface area contributed by atoms with Crippen LogP contribution in [0.25, 0.3) is 10.9 Å². The molecule has 14 heavy (non-hydrogen) atoms. The quantitative estimate of drug-likeness (QED) is 0.896. The van der Waals surface area contributed by atoms with Crippen molar-refractivity contribution in [3.05, 3.63) is 33.9 Å². The molecule has 0 unspecified atom stereocenters. The monoisotopic (exact) mass is 272 g/mol. The molecular weight excluding hydrogens is 263 g/mol. The van der Waals surface area contributed by atoms with Crippen LogP contribution in [0.3, 0.4) is 0 Å². The van der Waals surface area contributed by atoms with Crippen LogP contribution < -0.4 is 5.73 Å². The summed E-state index contributed by atoms with van der Waals surface area (Å²) in [5.41, 5.74) is 6.64. The molecular formula is C10H10BrClN2. The van der Waals surface area contributed by atoms with Gasteiger partial charge in [-0.15, -0.1) is 0 Å². The highest BCUT2D eigenvalue weighted by Crippen LogP contribution is 2.28. The van der Waals surface area contributed by atoms with E-state index in [1.807, 2.05) is 18.3 Å². The van der Waals surface area contributed by atoms with Crippen molar-refractivity contribution in [1.82, 2.24) is 4.57 Å². The van der Waals surface area contributed by atoms with E-state index < -0.39 is 0 Å². The lowest BCUT2D eigenvalue weighted by Crippen LogP contribution is -2.08. The summed E-state index contributed by atoms with van der Waals surface area (Å²) in [6, 6.07) is 6.05. The summed E-state index contributed by atoms with van der Waals surface area (Å²) in [4.78, 5) is 0. The van der Waals surface area contributed by atoms with Gasteiger partial charge in [-0.1, -0.05) is 33.6 Å². The van der Waals surface area contributed by atoms with Gasteiger partial charge in [-0.3, -0.25) is 0 Å². The number of rotatable bonds is 2. The van der Waals surface area contributed by atoms with E-state index in [0.29, 0.717) is 6.54 Å². The molecule has 0 atom stereocenters. The summed E-state index contributed by atoms with van der Waals surface area (Å²) in [6.07, 6.45) is 1.92. The number of aromatic nitrogens is 1. The Morgan fingerprint density at radius 2 is 2.21 bits per heavy atom. The third kappa shape index (κ3) is 1.67. The summed E-state index contributed by atoms with van der Waals surface area (Å²) in [5, 5.41) is 1.85. The van der Waals surface area contributed by atoms with Crippen LogP contribution in [-0.4, -0.2) is 11.1 Å². The van der Waals surface area contributed by atoms with Crippen molar-refractivity contribution in [3.63, 3.8) is 0 Å². The van der Waals surface area contributed by atoms with Crippen molar-refractivity contribution in [2.24, 2.45) is 5.73 Å². The van der Waals surface area contributed by atoms with Crippen molar-refractivity contribution in [1.29, 1.82) is 0 Å². The SMILES string of the molecule is NCCn1cc(Cl)c2ccc(Br)cc21. The molecule has 0 fully saturated rings. The molecule has 2 aromatic rings. The maximum absolute atomic E-state index is 6.09. The fraction of sp³-hybridized carbons (Fsp3) is 0.200. The first-order chi connectivity index (χ1) is 6.72. The van der Waals surface area contributed by atoms with Gasteiger partial charge in [0.15, 0.2) is 0 Å². The molecule has 0 saturated heterocycles. The molecule has 1 aromatic heterocycles. The van der Waals surface area contributed by atoms with Crippen molar-refractivity contribution in [3.8, 4) is 0 Å². The van der Waals surface area contributed by atoms with Gasteiger partial charge in [-0.2, -0.15) is 0 Å². The molecule has 2 rings (SSSR count). The average Bonchev–Trinajstić information content (AvgIpc) is 2.44. The van der Waals surface area contributed by atoms with E-state index in [1.165, 1.54) is 0 Å². The summed E-state index contributed by atoms with van der Waals surface area (Å²) in [7, 11) is 0. The number of hydrogen-bond acceptors (Lipinski definition) is 1. The predicted octanol–water partition coefficient (Wildman–Crippen LogP) is 3.02. The fourth-order valence-corrected chi connectivity index (χ4v) is 2.17. The highest BCUT2D eigenvalue weighted by Gasteiger charge is 2.05. The molecule has 4 heteroatoms. The van der Waals surface area contributed by atoms with Gasteiger partial charge >= 0.3 is 0 Å². The molecule has 2 N–H and O–H groups in total. The first kappa shape index (κ1) is 10.0. The van der Waals surface area contributed by atoms with Crippen molar-refractivity contribution in [2.75, 3.05) is 6.54 Å². The Labute approximate surface area is 95.8 Å². The molecule has 0 saturated carbocycles. The summed E-state index contributed by atoms with van der Waals surface area (Å²) < 4.78 is 3.13. The zero-order valence-corrected chi connectivity index (χ0v) is 9.85. The topological polar surface area (TPSA) is 30.9 Å². The van der Waals surface area contributed by atoms with Crippen molar-refractivity contribution in [2.45, 2.75) is 6.54 Å². The Morgan fingerprint density at radius 3 is 2.93 bits per heavy atom. The minimum absolute atomic E-state index is 0.618. The highest BCUT2D eigenvalue weighted by atomic mass is 79.9. The van der Waals surface area contributed by atoms with Gasteiger partial charge in [0.05, 0.1) is 10.5 Å². The lowest BCUT2D eigenvalue weighted by molar-refractivity contribution is 0.735. The van der Waals surface area contributed by atoms with E-state index in [0.717, 1.165) is 26.9 Å². The Bertz CT molecular complexity index is 464. The lowest BCUT2D eigenvalue weighted by atomic mass is 10.2. The third-order valence-electron chi connectivity index (χ3n) is 2.17. The Kier molecular flexibility index (Phi) is 2.81. The van der Waals surface area contributed by atoms with Gasteiger partial charge in [0, 0.05) is 29.1 Å². The van der Waals surface area contributed by atoms with Gasteiger partial charge < -0.3 is 10.3 Å².